The number of carbonyl (C=O) groups is 1. The lowest BCUT2D eigenvalue weighted by Crippen LogP contribution is -1.94. The SMILES string of the molecule is Cc1oc(CSc2ccc(F)c(F)c2)cc1C(=O)O. The molecule has 0 atom stereocenters. The average Bonchev–Trinajstić information content (AvgIpc) is 2.72. The van der Waals surface area contributed by atoms with Crippen molar-refractivity contribution in [2.75, 3.05) is 0 Å². The highest BCUT2D eigenvalue weighted by Gasteiger charge is 2.14. The van der Waals surface area contributed by atoms with Crippen molar-refractivity contribution in [3.63, 3.8) is 0 Å². The fraction of sp³-hybridized carbons (Fsp3) is 0.154. The van der Waals surface area contributed by atoms with Crippen LogP contribution in [0.3, 0.4) is 0 Å². The van der Waals surface area contributed by atoms with Gasteiger partial charge >= 0.3 is 5.97 Å². The third kappa shape index (κ3) is 3.14. The maximum atomic E-state index is 13.0. The van der Waals surface area contributed by atoms with E-state index in [1.165, 1.54) is 23.9 Å². The highest BCUT2D eigenvalue weighted by Crippen LogP contribution is 2.26. The van der Waals surface area contributed by atoms with Crippen LogP contribution in [-0.2, 0) is 5.75 Å². The minimum Gasteiger partial charge on any atom is -0.478 e. The highest BCUT2D eigenvalue weighted by atomic mass is 32.2. The summed E-state index contributed by atoms with van der Waals surface area (Å²) in [5.74, 6) is -1.71. The Bertz CT molecular complexity index is 622. The fourth-order valence-electron chi connectivity index (χ4n) is 1.55. The molecule has 0 aliphatic rings. The molecule has 100 valence electrons. The van der Waals surface area contributed by atoms with Gasteiger partial charge in [-0.2, -0.15) is 0 Å². The van der Waals surface area contributed by atoms with Crippen LogP contribution in [0.1, 0.15) is 21.9 Å². The van der Waals surface area contributed by atoms with Crippen molar-refractivity contribution in [2.24, 2.45) is 0 Å². The van der Waals surface area contributed by atoms with Crippen molar-refractivity contribution >= 4 is 17.7 Å². The second-order valence-corrected chi connectivity index (χ2v) is 4.90. The molecule has 0 unspecified atom stereocenters. The van der Waals surface area contributed by atoms with Crippen LogP contribution in [0.25, 0.3) is 0 Å². The van der Waals surface area contributed by atoms with E-state index in [0.29, 0.717) is 22.2 Å². The molecule has 0 amide bonds. The molecule has 0 spiro atoms. The van der Waals surface area contributed by atoms with Gasteiger partial charge < -0.3 is 9.52 Å². The van der Waals surface area contributed by atoms with Crippen molar-refractivity contribution in [1.82, 2.24) is 0 Å². The first-order valence-corrected chi connectivity index (χ1v) is 6.36. The maximum absolute atomic E-state index is 13.0. The third-order valence-electron chi connectivity index (χ3n) is 2.47. The number of hydrogen-bond acceptors (Lipinski definition) is 3. The van der Waals surface area contributed by atoms with Crippen molar-refractivity contribution < 1.29 is 23.1 Å². The summed E-state index contributed by atoms with van der Waals surface area (Å²) >= 11 is 1.24. The summed E-state index contributed by atoms with van der Waals surface area (Å²) in [6.45, 7) is 1.56. The third-order valence-corrected chi connectivity index (χ3v) is 3.49. The molecule has 0 saturated heterocycles. The Morgan fingerprint density at radius 1 is 1.32 bits per heavy atom. The Hall–Kier alpha value is -1.82. The topological polar surface area (TPSA) is 50.4 Å². The van der Waals surface area contributed by atoms with Crippen LogP contribution in [0.2, 0.25) is 0 Å². The molecule has 1 N–H and O–H groups in total. The first kappa shape index (κ1) is 13.6. The van der Waals surface area contributed by atoms with Gasteiger partial charge in [-0.25, -0.2) is 13.6 Å². The number of carboxylic acids is 1. The van der Waals surface area contributed by atoms with E-state index < -0.39 is 17.6 Å². The quantitative estimate of drug-likeness (QED) is 0.866. The summed E-state index contributed by atoms with van der Waals surface area (Å²) in [4.78, 5) is 11.4. The van der Waals surface area contributed by atoms with Crippen LogP contribution in [-0.4, -0.2) is 11.1 Å². The lowest BCUT2D eigenvalue weighted by atomic mass is 10.2. The highest BCUT2D eigenvalue weighted by molar-refractivity contribution is 7.98. The van der Waals surface area contributed by atoms with Gasteiger partial charge in [0.05, 0.1) is 5.75 Å². The molecule has 1 heterocycles. The van der Waals surface area contributed by atoms with Gasteiger partial charge in [-0.1, -0.05) is 0 Å². The summed E-state index contributed by atoms with van der Waals surface area (Å²) in [7, 11) is 0. The first-order chi connectivity index (χ1) is 8.97. The molecule has 0 bridgehead atoms. The fourth-order valence-corrected chi connectivity index (χ4v) is 2.35. The Kier molecular flexibility index (Phi) is 3.90. The van der Waals surface area contributed by atoms with E-state index in [9.17, 15) is 13.6 Å². The van der Waals surface area contributed by atoms with E-state index in [-0.39, 0.29) is 5.56 Å². The zero-order valence-electron chi connectivity index (χ0n) is 9.94. The van der Waals surface area contributed by atoms with E-state index in [4.69, 9.17) is 9.52 Å². The molecule has 6 heteroatoms. The summed E-state index contributed by atoms with van der Waals surface area (Å²) in [5.41, 5.74) is 0.112. The van der Waals surface area contributed by atoms with Gasteiger partial charge in [0.25, 0.3) is 0 Å². The van der Waals surface area contributed by atoms with Crippen LogP contribution in [0.15, 0.2) is 33.6 Å². The van der Waals surface area contributed by atoms with Crippen molar-refractivity contribution in [2.45, 2.75) is 17.6 Å². The van der Waals surface area contributed by atoms with Crippen LogP contribution in [0, 0.1) is 18.6 Å². The van der Waals surface area contributed by atoms with E-state index in [2.05, 4.69) is 0 Å². The lowest BCUT2D eigenvalue weighted by Gasteiger charge is -2.00. The van der Waals surface area contributed by atoms with E-state index in [1.807, 2.05) is 0 Å². The van der Waals surface area contributed by atoms with Crippen LogP contribution < -0.4 is 0 Å². The van der Waals surface area contributed by atoms with Crippen molar-refractivity contribution in [3.8, 4) is 0 Å². The standard InChI is InChI=1S/C13H10F2O3S/c1-7-10(13(16)17)4-8(18-7)6-19-9-2-3-11(14)12(15)5-9/h2-5H,6H2,1H3,(H,16,17). The van der Waals surface area contributed by atoms with E-state index in [0.717, 1.165) is 12.1 Å². The van der Waals surface area contributed by atoms with Gasteiger partial charge in [0, 0.05) is 4.90 Å². The van der Waals surface area contributed by atoms with Gasteiger partial charge in [-0.3, -0.25) is 0 Å². The summed E-state index contributed by atoms with van der Waals surface area (Å²) in [5, 5.41) is 8.87. The molecular weight excluding hydrogens is 274 g/mol. The van der Waals surface area contributed by atoms with Crippen LogP contribution in [0.4, 0.5) is 8.78 Å². The Morgan fingerprint density at radius 2 is 2.05 bits per heavy atom. The van der Waals surface area contributed by atoms with Gasteiger partial charge in [0.15, 0.2) is 11.6 Å². The molecule has 2 aromatic rings. The predicted molar refractivity (Wildman–Crippen MR) is 66.3 cm³/mol. The minimum absolute atomic E-state index is 0.112. The maximum Gasteiger partial charge on any atom is 0.339 e. The Labute approximate surface area is 112 Å². The zero-order valence-corrected chi connectivity index (χ0v) is 10.8. The lowest BCUT2D eigenvalue weighted by molar-refractivity contribution is 0.0695. The Morgan fingerprint density at radius 3 is 2.63 bits per heavy atom. The first-order valence-electron chi connectivity index (χ1n) is 5.38. The normalized spacial score (nSPS) is 10.7. The molecule has 0 aliphatic carbocycles. The van der Waals surface area contributed by atoms with Gasteiger partial charge in [0.1, 0.15) is 17.1 Å². The van der Waals surface area contributed by atoms with E-state index in [1.54, 1.807) is 6.92 Å². The number of hydrogen-bond donors (Lipinski definition) is 1. The second-order valence-electron chi connectivity index (χ2n) is 3.85. The Balaban J connectivity index is 2.08. The second kappa shape index (κ2) is 5.44. The van der Waals surface area contributed by atoms with E-state index >= 15 is 0 Å². The number of aryl methyl sites for hydroxylation is 1. The molecule has 2 rings (SSSR count). The van der Waals surface area contributed by atoms with Gasteiger partial charge in [0.2, 0.25) is 0 Å². The summed E-state index contributed by atoms with van der Waals surface area (Å²) in [6, 6.07) is 5.03. The number of halogens is 2. The smallest absolute Gasteiger partial charge is 0.339 e. The average molecular weight is 284 g/mol. The molecule has 1 aromatic carbocycles. The van der Waals surface area contributed by atoms with Gasteiger partial charge in [-0.05, 0) is 31.2 Å². The van der Waals surface area contributed by atoms with Crippen molar-refractivity contribution in [1.29, 1.82) is 0 Å². The zero-order chi connectivity index (χ0) is 14.0. The summed E-state index contributed by atoms with van der Waals surface area (Å²) in [6.07, 6.45) is 0. The molecule has 0 saturated carbocycles. The molecule has 19 heavy (non-hydrogen) atoms. The molecule has 0 radical (unpaired) electrons. The number of furan rings is 1. The molecule has 1 aromatic heterocycles. The van der Waals surface area contributed by atoms with Crippen LogP contribution in [0.5, 0.6) is 0 Å². The number of aromatic carboxylic acids is 1. The number of rotatable bonds is 4. The monoisotopic (exact) mass is 284 g/mol. The predicted octanol–water partition coefficient (Wildman–Crippen LogP) is 3.86. The van der Waals surface area contributed by atoms with Gasteiger partial charge in [-0.15, -0.1) is 11.8 Å². The molecule has 3 nitrogen and oxygen atoms in total. The molecule has 0 fully saturated rings. The largest absolute Gasteiger partial charge is 0.478 e. The molecular formula is C13H10F2O3S. The molecule has 0 aliphatic heterocycles. The van der Waals surface area contributed by atoms with Crippen LogP contribution >= 0.6 is 11.8 Å². The number of carboxylic acid groups (broad SMARTS) is 1. The number of benzene rings is 1. The van der Waals surface area contributed by atoms with Crippen molar-refractivity contribution in [3.05, 3.63) is 53.0 Å². The minimum atomic E-state index is -1.05. The number of thioether (sulfide) groups is 1. The summed E-state index contributed by atoms with van der Waals surface area (Å²) < 4.78 is 31.0.